The van der Waals surface area contributed by atoms with Crippen LogP contribution in [0.2, 0.25) is 0 Å². The fourth-order valence-corrected chi connectivity index (χ4v) is 1.95. The van der Waals surface area contributed by atoms with E-state index in [0.29, 0.717) is 17.2 Å². The fraction of sp³-hybridized carbons (Fsp3) is 0.467. The van der Waals surface area contributed by atoms with Crippen LogP contribution < -0.4 is 19.5 Å². The summed E-state index contributed by atoms with van der Waals surface area (Å²) in [5.74, 6) is -0.855. The van der Waals surface area contributed by atoms with Crippen molar-refractivity contribution in [3.63, 3.8) is 0 Å². The molecule has 2 N–H and O–H groups in total. The molecule has 0 aliphatic heterocycles. The van der Waals surface area contributed by atoms with Gasteiger partial charge in [-0.1, -0.05) is 13.8 Å². The van der Waals surface area contributed by atoms with Crippen LogP contribution in [0.5, 0.6) is 17.2 Å². The van der Waals surface area contributed by atoms with Crippen molar-refractivity contribution in [3.05, 3.63) is 17.7 Å². The molecule has 122 valence electrons. The van der Waals surface area contributed by atoms with Crippen LogP contribution in [0, 0.1) is 5.92 Å². The van der Waals surface area contributed by atoms with Crippen LogP contribution in [0.3, 0.4) is 0 Å². The van der Waals surface area contributed by atoms with E-state index in [1.165, 1.54) is 33.5 Å². The van der Waals surface area contributed by atoms with E-state index >= 15 is 0 Å². The number of amides is 1. The summed E-state index contributed by atoms with van der Waals surface area (Å²) in [7, 11) is 4.33. The van der Waals surface area contributed by atoms with E-state index in [0.717, 1.165) is 0 Å². The van der Waals surface area contributed by atoms with Gasteiger partial charge in [0.15, 0.2) is 11.5 Å². The lowest BCUT2D eigenvalue weighted by molar-refractivity contribution is -0.140. The number of carbonyl (C=O) groups excluding carboxylic acids is 1. The smallest absolute Gasteiger partial charge is 0.326 e. The second-order valence-corrected chi connectivity index (χ2v) is 4.95. The van der Waals surface area contributed by atoms with Crippen molar-refractivity contribution in [3.8, 4) is 17.2 Å². The van der Waals surface area contributed by atoms with Gasteiger partial charge in [-0.05, 0) is 18.1 Å². The van der Waals surface area contributed by atoms with Crippen molar-refractivity contribution >= 4 is 11.9 Å². The maximum Gasteiger partial charge on any atom is 0.326 e. The summed E-state index contributed by atoms with van der Waals surface area (Å²) >= 11 is 0. The highest BCUT2D eigenvalue weighted by atomic mass is 16.5. The average Bonchev–Trinajstić information content (AvgIpc) is 2.49. The Morgan fingerprint density at radius 2 is 1.55 bits per heavy atom. The number of nitrogens with one attached hydrogen (secondary N) is 1. The van der Waals surface area contributed by atoms with Crippen molar-refractivity contribution < 1.29 is 28.9 Å². The van der Waals surface area contributed by atoms with Crippen LogP contribution in [0.4, 0.5) is 0 Å². The summed E-state index contributed by atoms with van der Waals surface area (Å²) in [6.07, 6.45) is 0. The SMILES string of the molecule is COc1cc(C(=O)NC(C(=O)O)C(C)C)cc(OC)c1OC. The van der Waals surface area contributed by atoms with Gasteiger partial charge in [0.2, 0.25) is 5.75 Å². The highest BCUT2D eigenvalue weighted by molar-refractivity contribution is 5.97. The van der Waals surface area contributed by atoms with E-state index in [1.807, 2.05) is 0 Å². The van der Waals surface area contributed by atoms with Gasteiger partial charge in [-0.3, -0.25) is 4.79 Å². The summed E-state index contributed by atoms with van der Waals surface area (Å²) in [5.41, 5.74) is 0.224. The van der Waals surface area contributed by atoms with Crippen molar-refractivity contribution in [1.82, 2.24) is 5.32 Å². The molecule has 22 heavy (non-hydrogen) atoms. The summed E-state index contributed by atoms with van der Waals surface area (Å²) in [6, 6.07) is 1.96. The zero-order valence-electron chi connectivity index (χ0n) is 13.3. The Labute approximate surface area is 129 Å². The van der Waals surface area contributed by atoms with Gasteiger partial charge >= 0.3 is 5.97 Å². The molecule has 0 heterocycles. The van der Waals surface area contributed by atoms with Gasteiger partial charge < -0.3 is 24.6 Å². The minimum Gasteiger partial charge on any atom is -0.493 e. The summed E-state index contributed by atoms with van der Waals surface area (Å²) in [5, 5.41) is 11.6. The quantitative estimate of drug-likeness (QED) is 0.793. The minimum atomic E-state index is -1.09. The molecule has 1 rings (SSSR count). The lowest BCUT2D eigenvalue weighted by Gasteiger charge is -2.19. The Balaban J connectivity index is 3.15. The molecule has 0 saturated heterocycles. The maximum absolute atomic E-state index is 12.3. The highest BCUT2D eigenvalue weighted by Crippen LogP contribution is 2.38. The molecule has 0 saturated carbocycles. The molecule has 1 aromatic rings. The van der Waals surface area contributed by atoms with Crippen LogP contribution >= 0.6 is 0 Å². The van der Waals surface area contributed by atoms with Crippen LogP contribution in [-0.2, 0) is 4.79 Å². The van der Waals surface area contributed by atoms with E-state index in [2.05, 4.69) is 5.32 Å². The molecule has 1 aromatic carbocycles. The largest absolute Gasteiger partial charge is 0.493 e. The molecule has 1 amide bonds. The summed E-state index contributed by atoms with van der Waals surface area (Å²) < 4.78 is 15.5. The topological polar surface area (TPSA) is 94.1 Å². The molecule has 0 aliphatic rings. The Morgan fingerprint density at radius 1 is 1.05 bits per heavy atom. The molecule has 0 spiro atoms. The molecule has 0 bridgehead atoms. The predicted molar refractivity (Wildman–Crippen MR) is 79.8 cm³/mol. The first-order chi connectivity index (χ1) is 10.3. The zero-order chi connectivity index (χ0) is 16.9. The van der Waals surface area contributed by atoms with Crippen molar-refractivity contribution in [2.24, 2.45) is 5.92 Å². The normalized spacial score (nSPS) is 11.7. The second-order valence-electron chi connectivity index (χ2n) is 4.95. The van der Waals surface area contributed by atoms with Gasteiger partial charge in [-0.25, -0.2) is 4.79 Å². The number of carboxylic acids is 1. The third-order valence-electron chi connectivity index (χ3n) is 3.15. The first-order valence-corrected chi connectivity index (χ1v) is 6.69. The highest BCUT2D eigenvalue weighted by Gasteiger charge is 2.25. The first kappa shape index (κ1) is 17.6. The van der Waals surface area contributed by atoms with Gasteiger partial charge in [-0.15, -0.1) is 0 Å². The van der Waals surface area contributed by atoms with E-state index in [4.69, 9.17) is 19.3 Å². The molecule has 0 aliphatic carbocycles. The molecule has 1 atom stereocenters. The Hall–Kier alpha value is -2.44. The minimum absolute atomic E-state index is 0.224. The van der Waals surface area contributed by atoms with E-state index < -0.39 is 17.9 Å². The second kappa shape index (κ2) is 7.53. The van der Waals surface area contributed by atoms with Crippen molar-refractivity contribution in [2.45, 2.75) is 19.9 Å². The van der Waals surface area contributed by atoms with Crippen LogP contribution in [0.25, 0.3) is 0 Å². The number of methoxy groups -OCH3 is 3. The molecule has 0 aromatic heterocycles. The lowest BCUT2D eigenvalue weighted by Crippen LogP contribution is -2.44. The molecule has 0 fully saturated rings. The van der Waals surface area contributed by atoms with Crippen LogP contribution in [0.1, 0.15) is 24.2 Å². The maximum atomic E-state index is 12.3. The Kier molecular flexibility index (Phi) is 6.03. The summed E-state index contributed by atoms with van der Waals surface area (Å²) in [4.78, 5) is 23.4. The Morgan fingerprint density at radius 3 is 1.86 bits per heavy atom. The summed E-state index contributed by atoms with van der Waals surface area (Å²) in [6.45, 7) is 3.43. The predicted octanol–water partition coefficient (Wildman–Crippen LogP) is 1.55. The number of ether oxygens (including phenoxy) is 3. The van der Waals surface area contributed by atoms with Crippen LogP contribution in [0.15, 0.2) is 12.1 Å². The van der Waals surface area contributed by atoms with Crippen LogP contribution in [-0.4, -0.2) is 44.4 Å². The number of benzene rings is 1. The Bertz CT molecular complexity index is 530. The number of hydrogen-bond acceptors (Lipinski definition) is 5. The number of rotatable bonds is 7. The molecule has 1 unspecified atom stereocenters. The van der Waals surface area contributed by atoms with Gasteiger partial charge in [0.25, 0.3) is 5.91 Å². The molecule has 7 heteroatoms. The molecule has 0 radical (unpaired) electrons. The van der Waals surface area contributed by atoms with Gasteiger partial charge in [-0.2, -0.15) is 0 Å². The van der Waals surface area contributed by atoms with Gasteiger partial charge in [0.05, 0.1) is 21.3 Å². The standard InChI is InChI=1S/C15H21NO6/c1-8(2)12(15(18)19)16-14(17)9-6-10(20-3)13(22-5)11(7-9)21-4/h6-8,12H,1-5H3,(H,16,17)(H,18,19). The van der Waals surface area contributed by atoms with Gasteiger partial charge in [0, 0.05) is 5.56 Å². The van der Waals surface area contributed by atoms with E-state index in [1.54, 1.807) is 13.8 Å². The zero-order valence-corrected chi connectivity index (χ0v) is 13.3. The van der Waals surface area contributed by atoms with Crippen molar-refractivity contribution in [1.29, 1.82) is 0 Å². The van der Waals surface area contributed by atoms with E-state index in [-0.39, 0.29) is 11.5 Å². The fourth-order valence-electron chi connectivity index (χ4n) is 1.95. The molecule has 7 nitrogen and oxygen atoms in total. The molecular formula is C15H21NO6. The van der Waals surface area contributed by atoms with Crippen molar-refractivity contribution in [2.75, 3.05) is 21.3 Å². The number of carbonyl (C=O) groups is 2. The lowest BCUT2D eigenvalue weighted by atomic mass is 10.0. The number of hydrogen-bond donors (Lipinski definition) is 2. The van der Waals surface area contributed by atoms with Gasteiger partial charge in [0.1, 0.15) is 6.04 Å². The third kappa shape index (κ3) is 3.81. The average molecular weight is 311 g/mol. The first-order valence-electron chi connectivity index (χ1n) is 6.69. The van der Waals surface area contributed by atoms with E-state index in [9.17, 15) is 9.59 Å². The monoisotopic (exact) mass is 311 g/mol. The number of carboxylic acid groups (broad SMARTS) is 1. The third-order valence-corrected chi connectivity index (χ3v) is 3.15. The number of aliphatic carboxylic acids is 1. The molecular weight excluding hydrogens is 290 g/mol.